The van der Waals surface area contributed by atoms with E-state index in [0.717, 1.165) is 0 Å². The van der Waals surface area contributed by atoms with E-state index in [1.165, 1.54) is 13.2 Å². The van der Waals surface area contributed by atoms with Crippen LogP contribution in [-0.2, 0) is 4.79 Å². The molecular weight excluding hydrogens is 294 g/mol. The van der Waals surface area contributed by atoms with Crippen LogP contribution in [0.4, 0.5) is 5.69 Å². The molecule has 0 unspecified atom stereocenters. The largest absolute Gasteiger partial charge is 0.493 e. The number of hydrogen-bond acceptors (Lipinski definition) is 5. The quantitative estimate of drug-likeness (QED) is 0.915. The monoisotopic (exact) mass is 307 g/mol. The van der Waals surface area contributed by atoms with Gasteiger partial charge in [0.15, 0.2) is 18.1 Å². The number of benzene rings is 2. The highest BCUT2D eigenvalue weighted by Gasteiger charge is 2.09. The molecule has 1 N–H and O–H groups in total. The summed E-state index contributed by atoms with van der Waals surface area (Å²) in [5, 5.41) is 20.2. The Kier molecular flexibility index (Phi) is 5.16. The first-order chi connectivity index (χ1) is 11.2. The lowest BCUT2D eigenvalue weighted by molar-refractivity contribution is -0.118. The summed E-state index contributed by atoms with van der Waals surface area (Å²) in [6.45, 7) is -0.206. The SMILES string of the molecule is COc1cc(C#N)ccc1OCC(=O)Nc1ccc(C#N)cc1. The normalized spacial score (nSPS) is 9.35. The highest BCUT2D eigenvalue weighted by Crippen LogP contribution is 2.27. The van der Waals surface area contributed by atoms with E-state index < -0.39 is 0 Å². The predicted octanol–water partition coefficient (Wildman–Crippen LogP) is 2.46. The van der Waals surface area contributed by atoms with Crippen molar-refractivity contribution in [1.29, 1.82) is 10.5 Å². The van der Waals surface area contributed by atoms with Crippen LogP contribution in [0.25, 0.3) is 0 Å². The Hall–Kier alpha value is -3.51. The average molecular weight is 307 g/mol. The van der Waals surface area contributed by atoms with Gasteiger partial charge in [-0.1, -0.05) is 0 Å². The van der Waals surface area contributed by atoms with E-state index in [4.69, 9.17) is 20.0 Å². The van der Waals surface area contributed by atoms with Gasteiger partial charge in [-0.05, 0) is 36.4 Å². The number of carbonyl (C=O) groups is 1. The Balaban J connectivity index is 1.96. The number of nitriles is 2. The minimum Gasteiger partial charge on any atom is -0.493 e. The molecule has 0 spiro atoms. The number of nitrogens with zero attached hydrogens (tertiary/aromatic N) is 2. The van der Waals surface area contributed by atoms with E-state index in [2.05, 4.69) is 5.32 Å². The van der Waals surface area contributed by atoms with Crippen molar-refractivity contribution >= 4 is 11.6 Å². The maximum Gasteiger partial charge on any atom is 0.262 e. The van der Waals surface area contributed by atoms with Crippen LogP contribution in [0.15, 0.2) is 42.5 Å². The molecule has 0 fully saturated rings. The molecule has 0 aliphatic heterocycles. The molecule has 23 heavy (non-hydrogen) atoms. The molecular formula is C17H13N3O3. The van der Waals surface area contributed by atoms with Crippen LogP contribution < -0.4 is 14.8 Å². The van der Waals surface area contributed by atoms with E-state index in [1.54, 1.807) is 36.4 Å². The Morgan fingerprint density at radius 1 is 1.04 bits per heavy atom. The van der Waals surface area contributed by atoms with Crippen LogP contribution in [0.1, 0.15) is 11.1 Å². The Labute approximate surface area is 133 Å². The second kappa shape index (κ2) is 7.48. The molecule has 2 rings (SSSR count). The van der Waals surface area contributed by atoms with Gasteiger partial charge in [-0.15, -0.1) is 0 Å². The Morgan fingerprint density at radius 3 is 2.30 bits per heavy atom. The van der Waals surface area contributed by atoms with Crippen molar-refractivity contribution in [2.75, 3.05) is 19.0 Å². The Morgan fingerprint density at radius 2 is 1.70 bits per heavy atom. The first kappa shape index (κ1) is 15.9. The third kappa shape index (κ3) is 4.23. The third-order valence-electron chi connectivity index (χ3n) is 2.95. The molecule has 0 saturated carbocycles. The number of ether oxygens (including phenoxy) is 2. The van der Waals surface area contributed by atoms with E-state index in [-0.39, 0.29) is 12.5 Å². The third-order valence-corrected chi connectivity index (χ3v) is 2.95. The van der Waals surface area contributed by atoms with Crippen molar-refractivity contribution in [3.05, 3.63) is 53.6 Å². The topological polar surface area (TPSA) is 95.1 Å². The van der Waals surface area contributed by atoms with Gasteiger partial charge in [-0.3, -0.25) is 4.79 Å². The van der Waals surface area contributed by atoms with E-state index in [0.29, 0.717) is 28.3 Å². The lowest BCUT2D eigenvalue weighted by Crippen LogP contribution is -2.20. The molecule has 0 aliphatic rings. The summed E-state index contributed by atoms with van der Waals surface area (Å²) < 4.78 is 10.5. The molecule has 0 heterocycles. The second-order valence-electron chi connectivity index (χ2n) is 4.50. The summed E-state index contributed by atoms with van der Waals surface area (Å²) in [7, 11) is 1.46. The fourth-order valence-electron chi connectivity index (χ4n) is 1.82. The molecule has 0 saturated heterocycles. The summed E-state index contributed by atoms with van der Waals surface area (Å²) >= 11 is 0. The van der Waals surface area contributed by atoms with Crippen LogP contribution in [0.2, 0.25) is 0 Å². The minimum atomic E-state index is -0.346. The zero-order valence-corrected chi connectivity index (χ0v) is 12.4. The number of amides is 1. The molecule has 0 aliphatic carbocycles. The lowest BCUT2D eigenvalue weighted by atomic mass is 10.2. The van der Waals surface area contributed by atoms with Crippen molar-refractivity contribution < 1.29 is 14.3 Å². The van der Waals surface area contributed by atoms with Gasteiger partial charge in [-0.25, -0.2) is 0 Å². The van der Waals surface area contributed by atoms with Gasteiger partial charge in [0.25, 0.3) is 5.91 Å². The molecule has 2 aromatic carbocycles. The summed E-state index contributed by atoms with van der Waals surface area (Å²) in [5.41, 5.74) is 1.53. The molecule has 1 amide bonds. The molecule has 6 heteroatoms. The highest BCUT2D eigenvalue weighted by atomic mass is 16.5. The number of carbonyl (C=O) groups excluding carboxylic acids is 1. The second-order valence-corrected chi connectivity index (χ2v) is 4.50. The number of anilines is 1. The summed E-state index contributed by atoms with van der Waals surface area (Å²) in [5.74, 6) is 0.415. The van der Waals surface area contributed by atoms with Crippen LogP contribution in [0, 0.1) is 22.7 Å². The first-order valence-electron chi connectivity index (χ1n) is 6.67. The van der Waals surface area contributed by atoms with Gasteiger partial charge in [-0.2, -0.15) is 10.5 Å². The number of methoxy groups -OCH3 is 1. The van der Waals surface area contributed by atoms with Crippen molar-refractivity contribution in [3.63, 3.8) is 0 Å². The fraction of sp³-hybridized carbons (Fsp3) is 0.118. The smallest absolute Gasteiger partial charge is 0.262 e. The molecule has 6 nitrogen and oxygen atoms in total. The number of hydrogen-bond donors (Lipinski definition) is 1. The van der Waals surface area contributed by atoms with E-state index >= 15 is 0 Å². The fourth-order valence-corrected chi connectivity index (χ4v) is 1.82. The van der Waals surface area contributed by atoms with Crippen LogP contribution in [0.5, 0.6) is 11.5 Å². The Bertz CT molecular complexity index is 786. The predicted molar refractivity (Wildman–Crippen MR) is 83.0 cm³/mol. The standard InChI is InChI=1S/C17H13N3O3/c1-22-16-8-13(10-19)4-7-15(16)23-11-17(21)20-14-5-2-12(9-18)3-6-14/h2-8H,11H2,1H3,(H,20,21). The van der Waals surface area contributed by atoms with Gasteiger partial charge < -0.3 is 14.8 Å². The molecule has 0 aromatic heterocycles. The van der Waals surface area contributed by atoms with Gasteiger partial charge in [0.1, 0.15) is 0 Å². The van der Waals surface area contributed by atoms with Gasteiger partial charge in [0.2, 0.25) is 0 Å². The molecule has 0 atom stereocenters. The van der Waals surface area contributed by atoms with Crippen molar-refractivity contribution in [3.8, 4) is 23.6 Å². The van der Waals surface area contributed by atoms with Crippen molar-refractivity contribution in [2.45, 2.75) is 0 Å². The van der Waals surface area contributed by atoms with E-state index in [9.17, 15) is 4.79 Å². The van der Waals surface area contributed by atoms with Crippen LogP contribution in [-0.4, -0.2) is 19.6 Å². The first-order valence-corrected chi connectivity index (χ1v) is 6.67. The van der Waals surface area contributed by atoms with E-state index in [1.807, 2.05) is 12.1 Å². The lowest BCUT2D eigenvalue weighted by Gasteiger charge is -2.11. The minimum absolute atomic E-state index is 0.206. The maximum atomic E-state index is 11.9. The van der Waals surface area contributed by atoms with Crippen molar-refractivity contribution in [1.82, 2.24) is 0 Å². The zero-order chi connectivity index (χ0) is 16.7. The van der Waals surface area contributed by atoms with Gasteiger partial charge in [0.05, 0.1) is 30.4 Å². The van der Waals surface area contributed by atoms with Crippen LogP contribution in [0.3, 0.4) is 0 Å². The van der Waals surface area contributed by atoms with Crippen LogP contribution >= 0.6 is 0 Å². The summed E-state index contributed by atoms with van der Waals surface area (Å²) in [6, 6.07) is 15.2. The average Bonchev–Trinajstić information content (AvgIpc) is 2.60. The maximum absolute atomic E-state index is 11.9. The number of rotatable bonds is 5. The molecule has 114 valence electrons. The van der Waals surface area contributed by atoms with Gasteiger partial charge in [0, 0.05) is 11.8 Å². The van der Waals surface area contributed by atoms with Gasteiger partial charge >= 0.3 is 0 Å². The summed E-state index contributed by atoms with van der Waals surface area (Å²) in [4.78, 5) is 11.9. The van der Waals surface area contributed by atoms with Crippen molar-refractivity contribution in [2.24, 2.45) is 0 Å². The number of nitrogens with one attached hydrogen (secondary N) is 1. The summed E-state index contributed by atoms with van der Waals surface area (Å²) in [6.07, 6.45) is 0. The molecule has 0 bridgehead atoms. The highest BCUT2D eigenvalue weighted by molar-refractivity contribution is 5.91. The molecule has 0 radical (unpaired) electrons. The zero-order valence-electron chi connectivity index (χ0n) is 12.4. The molecule has 2 aromatic rings.